The highest BCUT2D eigenvalue weighted by molar-refractivity contribution is 6.04. The zero-order valence-corrected chi connectivity index (χ0v) is 17.9. The van der Waals surface area contributed by atoms with E-state index in [4.69, 9.17) is 4.74 Å². The van der Waals surface area contributed by atoms with Crippen LogP contribution in [0.4, 0.5) is 10.2 Å². The summed E-state index contributed by atoms with van der Waals surface area (Å²) in [5.74, 6) is 0.531. The van der Waals surface area contributed by atoms with Gasteiger partial charge in [0, 0.05) is 42.2 Å². The number of rotatable bonds is 6. The highest BCUT2D eigenvalue weighted by atomic mass is 19.1. The molecule has 0 radical (unpaired) electrons. The smallest absolute Gasteiger partial charge is 0.256 e. The number of ether oxygens (including phenoxy) is 1. The van der Waals surface area contributed by atoms with Gasteiger partial charge in [-0.15, -0.1) is 0 Å². The number of carbonyl (C=O) groups excluding carboxylic acids is 1. The Hall–Kier alpha value is -3.98. The van der Waals surface area contributed by atoms with Crippen LogP contribution >= 0.6 is 0 Å². The Morgan fingerprint density at radius 3 is 2.70 bits per heavy atom. The van der Waals surface area contributed by atoms with Gasteiger partial charge >= 0.3 is 0 Å². The highest BCUT2D eigenvalue weighted by Gasteiger charge is 2.23. The lowest BCUT2D eigenvalue weighted by Crippen LogP contribution is -2.46. The molecule has 8 nitrogen and oxygen atoms in total. The van der Waals surface area contributed by atoms with E-state index in [1.807, 2.05) is 12.1 Å². The summed E-state index contributed by atoms with van der Waals surface area (Å²) in [5.41, 5.74) is 2.20. The van der Waals surface area contributed by atoms with Gasteiger partial charge in [0.1, 0.15) is 17.3 Å². The fourth-order valence-corrected chi connectivity index (χ4v) is 3.69. The number of carbonyl (C=O) groups is 1. The molecule has 1 aromatic carbocycles. The SMILES string of the molecule is CN1CC(COc2cncc(-c3ccc4cnc(NC(=O)c5ccc(F)cc5)cc4n3)n2)C1. The first-order valence-corrected chi connectivity index (χ1v) is 10.5. The minimum Gasteiger partial charge on any atom is -0.476 e. The second-order valence-electron chi connectivity index (χ2n) is 8.06. The van der Waals surface area contributed by atoms with E-state index >= 15 is 0 Å². The lowest BCUT2D eigenvalue weighted by Gasteiger charge is -2.35. The van der Waals surface area contributed by atoms with E-state index in [0.29, 0.717) is 46.7 Å². The Morgan fingerprint density at radius 1 is 1.09 bits per heavy atom. The third-order valence-corrected chi connectivity index (χ3v) is 5.40. The molecular formula is C24H21FN6O2. The molecule has 5 rings (SSSR count). The van der Waals surface area contributed by atoms with Crippen molar-refractivity contribution in [1.82, 2.24) is 24.8 Å². The van der Waals surface area contributed by atoms with E-state index < -0.39 is 5.82 Å². The van der Waals surface area contributed by atoms with E-state index in [2.05, 4.69) is 37.2 Å². The Kier molecular flexibility index (Phi) is 5.62. The third-order valence-electron chi connectivity index (χ3n) is 5.40. The van der Waals surface area contributed by atoms with Gasteiger partial charge in [-0.1, -0.05) is 0 Å². The second kappa shape index (κ2) is 8.87. The number of nitrogens with one attached hydrogen (secondary N) is 1. The van der Waals surface area contributed by atoms with Gasteiger partial charge in [-0.25, -0.2) is 19.3 Å². The fourth-order valence-electron chi connectivity index (χ4n) is 3.69. The van der Waals surface area contributed by atoms with E-state index in [1.54, 1.807) is 24.7 Å². The summed E-state index contributed by atoms with van der Waals surface area (Å²) in [6.45, 7) is 2.65. The average Bonchev–Trinajstić information content (AvgIpc) is 2.81. The van der Waals surface area contributed by atoms with Crippen molar-refractivity contribution in [3.63, 3.8) is 0 Å². The Balaban J connectivity index is 1.34. The molecular weight excluding hydrogens is 423 g/mol. The molecule has 1 fully saturated rings. The van der Waals surface area contributed by atoms with Crippen LogP contribution in [-0.4, -0.2) is 57.5 Å². The predicted molar refractivity (Wildman–Crippen MR) is 121 cm³/mol. The van der Waals surface area contributed by atoms with E-state index in [0.717, 1.165) is 18.5 Å². The number of likely N-dealkylation sites (tertiary alicyclic amines) is 1. The summed E-state index contributed by atoms with van der Waals surface area (Å²) < 4.78 is 18.9. The largest absolute Gasteiger partial charge is 0.476 e. The summed E-state index contributed by atoms with van der Waals surface area (Å²) in [4.78, 5) is 32.4. The average molecular weight is 444 g/mol. The van der Waals surface area contributed by atoms with Gasteiger partial charge in [-0.3, -0.25) is 9.78 Å². The molecule has 33 heavy (non-hydrogen) atoms. The molecule has 0 unspecified atom stereocenters. The van der Waals surface area contributed by atoms with Crippen molar-refractivity contribution in [2.75, 3.05) is 32.1 Å². The first-order chi connectivity index (χ1) is 16.0. The molecule has 4 aromatic rings. The maximum Gasteiger partial charge on any atom is 0.256 e. The molecule has 1 saturated heterocycles. The third kappa shape index (κ3) is 4.78. The molecule has 9 heteroatoms. The quantitative estimate of drug-likeness (QED) is 0.487. The number of nitrogens with zero attached hydrogens (tertiary/aromatic N) is 5. The van der Waals surface area contributed by atoms with Crippen LogP contribution in [0.25, 0.3) is 22.3 Å². The minimum atomic E-state index is -0.402. The number of hydrogen-bond donors (Lipinski definition) is 1. The molecule has 0 aliphatic carbocycles. The van der Waals surface area contributed by atoms with Crippen LogP contribution < -0.4 is 10.1 Å². The minimum absolute atomic E-state index is 0.334. The monoisotopic (exact) mass is 444 g/mol. The lowest BCUT2D eigenvalue weighted by molar-refractivity contribution is 0.0837. The van der Waals surface area contributed by atoms with Gasteiger partial charge < -0.3 is 15.0 Å². The van der Waals surface area contributed by atoms with Crippen LogP contribution in [0.3, 0.4) is 0 Å². The number of benzene rings is 1. The maximum atomic E-state index is 13.1. The number of pyridine rings is 2. The number of hydrogen-bond acceptors (Lipinski definition) is 7. The van der Waals surface area contributed by atoms with Crippen LogP contribution in [-0.2, 0) is 0 Å². The van der Waals surface area contributed by atoms with Crippen LogP contribution in [0.1, 0.15) is 10.4 Å². The van der Waals surface area contributed by atoms with Crippen molar-refractivity contribution in [3.8, 4) is 17.3 Å². The molecule has 4 heterocycles. The number of aromatic nitrogens is 4. The number of fused-ring (bicyclic) bond motifs is 1. The first-order valence-electron chi connectivity index (χ1n) is 10.5. The molecule has 0 atom stereocenters. The van der Waals surface area contributed by atoms with Crippen LogP contribution in [0, 0.1) is 11.7 Å². The summed E-state index contributed by atoms with van der Waals surface area (Å²) in [6, 6.07) is 10.7. The molecule has 1 aliphatic heterocycles. The molecule has 3 aromatic heterocycles. The zero-order valence-electron chi connectivity index (χ0n) is 17.9. The Labute approximate surface area is 189 Å². The van der Waals surface area contributed by atoms with Gasteiger partial charge in [0.15, 0.2) is 0 Å². The van der Waals surface area contributed by atoms with Crippen molar-refractivity contribution in [2.45, 2.75) is 0 Å². The summed E-state index contributed by atoms with van der Waals surface area (Å²) in [7, 11) is 2.08. The van der Waals surface area contributed by atoms with Gasteiger partial charge in [-0.05, 0) is 43.4 Å². The van der Waals surface area contributed by atoms with Crippen molar-refractivity contribution >= 4 is 22.6 Å². The molecule has 0 bridgehead atoms. The zero-order chi connectivity index (χ0) is 22.8. The van der Waals surface area contributed by atoms with Crippen LogP contribution in [0.2, 0.25) is 0 Å². The molecule has 1 aliphatic rings. The molecule has 0 spiro atoms. The van der Waals surface area contributed by atoms with Crippen molar-refractivity contribution < 1.29 is 13.9 Å². The number of halogens is 1. The van der Waals surface area contributed by atoms with Gasteiger partial charge in [-0.2, -0.15) is 0 Å². The fraction of sp³-hybridized carbons (Fsp3) is 0.208. The molecule has 1 N–H and O–H groups in total. The van der Waals surface area contributed by atoms with Crippen molar-refractivity contribution in [2.24, 2.45) is 5.92 Å². The first kappa shape index (κ1) is 20.9. The molecule has 0 saturated carbocycles. The van der Waals surface area contributed by atoms with Gasteiger partial charge in [0.2, 0.25) is 5.88 Å². The normalized spacial score (nSPS) is 14.1. The number of amides is 1. The number of anilines is 1. The summed E-state index contributed by atoms with van der Waals surface area (Å²) >= 11 is 0. The summed E-state index contributed by atoms with van der Waals surface area (Å²) in [6.07, 6.45) is 4.86. The van der Waals surface area contributed by atoms with E-state index in [-0.39, 0.29) is 5.91 Å². The van der Waals surface area contributed by atoms with E-state index in [1.165, 1.54) is 24.3 Å². The predicted octanol–water partition coefficient (Wildman–Crippen LogP) is 3.42. The van der Waals surface area contributed by atoms with E-state index in [9.17, 15) is 9.18 Å². The van der Waals surface area contributed by atoms with Gasteiger partial charge in [0.05, 0.1) is 30.2 Å². The second-order valence-corrected chi connectivity index (χ2v) is 8.06. The standard InChI is InChI=1S/C24H21FN6O2/c1-31-12-15(13-31)14-33-23-11-26-10-21(29-23)19-7-4-17-9-27-22(8-20(17)28-19)30-24(32)16-2-5-18(25)6-3-16/h2-11,15H,12-14H2,1H3,(H,27,30,32). The summed E-state index contributed by atoms with van der Waals surface area (Å²) in [5, 5.41) is 3.53. The van der Waals surface area contributed by atoms with Crippen molar-refractivity contribution in [3.05, 3.63) is 72.4 Å². The van der Waals surface area contributed by atoms with Crippen molar-refractivity contribution in [1.29, 1.82) is 0 Å². The maximum absolute atomic E-state index is 13.1. The van der Waals surface area contributed by atoms with Crippen LogP contribution in [0.5, 0.6) is 5.88 Å². The molecule has 1 amide bonds. The van der Waals surface area contributed by atoms with Gasteiger partial charge in [0.25, 0.3) is 5.91 Å². The lowest BCUT2D eigenvalue weighted by atomic mass is 10.0. The topological polar surface area (TPSA) is 93.1 Å². The highest BCUT2D eigenvalue weighted by Crippen LogP contribution is 2.22. The van der Waals surface area contributed by atoms with Crippen LogP contribution in [0.15, 0.2) is 61.1 Å². The Bertz CT molecular complexity index is 1310. The molecule has 166 valence electrons. The Morgan fingerprint density at radius 2 is 1.91 bits per heavy atom.